The summed E-state index contributed by atoms with van der Waals surface area (Å²) in [5, 5.41) is 0. The number of carbonyl (C=O) groups is 1. The van der Waals surface area contributed by atoms with Crippen LogP contribution in [0.1, 0.15) is 30.1 Å². The summed E-state index contributed by atoms with van der Waals surface area (Å²) in [6, 6.07) is 7.67. The van der Waals surface area contributed by atoms with E-state index >= 15 is 0 Å². The number of carbonyl (C=O) groups excluding carboxylic acids is 1. The Morgan fingerprint density at radius 2 is 1.81 bits per heavy atom. The highest BCUT2D eigenvalue weighted by atomic mass is 16.1. The first-order valence-electron chi connectivity index (χ1n) is 5.51. The number of hydrogen-bond acceptors (Lipinski definition) is 2. The van der Waals surface area contributed by atoms with Crippen molar-refractivity contribution in [3.05, 3.63) is 42.0 Å². The van der Waals surface area contributed by atoms with Crippen LogP contribution >= 0.6 is 0 Å². The number of benzene rings is 1. The first-order chi connectivity index (χ1) is 7.54. The molecule has 0 unspecified atom stereocenters. The first-order valence-corrected chi connectivity index (χ1v) is 5.51. The number of nitrogens with zero attached hydrogens (tertiary/aromatic N) is 1. The highest BCUT2D eigenvalue weighted by molar-refractivity contribution is 5.97. The second-order valence-electron chi connectivity index (χ2n) is 4.14. The van der Waals surface area contributed by atoms with E-state index in [2.05, 4.69) is 6.58 Å². The molecular weight excluding hydrogens is 198 g/mol. The molecule has 0 amide bonds. The summed E-state index contributed by atoms with van der Waals surface area (Å²) >= 11 is 0. The number of Topliss-reactive ketones (excluding diaryl/α,β-unsaturated/α-hetero) is 1. The van der Waals surface area contributed by atoms with Crippen LogP contribution in [0.2, 0.25) is 0 Å². The molecule has 0 atom stereocenters. The van der Waals surface area contributed by atoms with E-state index in [1.54, 1.807) is 0 Å². The van der Waals surface area contributed by atoms with E-state index in [1.807, 2.05) is 50.2 Å². The van der Waals surface area contributed by atoms with Gasteiger partial charge in [-0.1, -0.05) is 19.1 Å². The van der Waals surface area contributed by atoms with Gasteiger partial charge in [-0.25, -0.2) is 0 Å². The Labute approximate surface area is 97.6 Å². The lowest BCUT2D eigenvalue weighted by Gasteiger charge is -2.12. The van der Waals surface area contributed by atoms with E-state index in [1.165, 1.54) is 0 Å². The molecule has 0 spiro atoms. The van der Waals surface area contributed by atoms with Crippen LogP contribution in [0.25, 0.3) is 0 Å². The standard InChI is InChI=1S/C14H19NO/c1-5-11(2)10-14(16)12-6-8-13(9-7-12)15(3)4/h6-9H,2,5,10H2,1,3-4H3. The number of rotatable bonds is 5. The second kappa shape index (κ2) is 5.50. The summed E-state index contributed by atoms with van der Waals surface area (Å²) in [7, 11) is 3.96. The van der Waals surface area contributed by atoms with Crippen molar-refractivity contribution in [3.8, 4) is 0 Å². The van der Waals surface area contributed by atoms with Crippen LogP contribution in [0.15, 0.2) is 36.4 Å². The van der Waals surface area contributed by atoms with Crippen LogP contribution in [0.3, 0.4) is 0 Å². The van der Waals surface area contributed by atoms with Gasteiger partial charge in [0.1, 0.15) is 0 Å². The lowest BCUT2D eigenvalue weighted by atomic mass is 10.0. The fourth-order valence-electron chi connectivity index (χ4n) is 1.40. The van der Waals surface area contributed by atoms with Crippen LogP contribution in [0.5, 0.6) is 0 Å². The Balaban J connectivity index is 2.74. The SMILES string of the molecule is C=C(CC)CC(=O)c1ccc(N(C)C)cc1. The summed E-state index contributed by atoms with van der Waals surface area (Å²) in [6.45, 7) is 5.87. The van der Waals surface area contributed by atoms with Gasteiger partial charge in [-0.15, -0.1) is 0 Å². The minimum Gasteiger partial charge on any atom is -0.378 e. The molecule has 86 valence electrons. The molecule has 1 aromatic carbocycles. The molecule has 1 aromatic rings. The zero-order valence-corrected chi connectivity index (χ0v) is 10.3. The maximum absolute atomic E-state index is 11.8. The van der Waals surface area contributed by atoms with E-state index in [4.69, 9.17) is 0 Å². The quantitative estimate of drug-likeness (QED) is 0.557. The maximum atomic E-state index is 11.8. The fraction of sp³-hybridized carbons (Fsp3) is 0.357. The van der Waals surface area contributed by atoms with Gasteiger partial charge >= 0.3 is 0 Å². The van der Waals surface area contributed by atoms with E-state index in [9.17, 15) is 4.79 Å². The van der Waals surface area contributed by atoms with Crippen molar-refractivity contribution in [2.24, 2.45) is 0 Å². The summed E-state index contributed by atoms with van der Waals surface area (Å²) < 4.78 is 0. The summed E-state index contributed by atoms with van der Waals surface area (Å²) in [6.07, 6.45) is 1.32. The first kappa shape index (κ1) is 12.5. The smallest absolute Gasteiger partial charge is 0.166 e. The van der Waals surface area contributed by atoms with Crippen molar-refractivity contribution in [2.75, 3.05) is 19.0 Å². The predicted molar refractivity (Wildman–Crippen MR) is 69.1 cm³/mol. The van der Waals surface area contributed by atoms with Crippen LogP contribution in [-0.4, -0.2) is 19.9 Å². The van der Waals surface area contributed by atoms with Crippen LogP contribution in [-0.2, 0) is 0 Å². The van der Waals surface area contributed by atoms with Gasteiger partial charge in [0.05, 0.1) is 0 Å². The molecule has 2 heteroatoms. The van der Waals surface area contributed by atoms with Gasteiger partial charge in [-0.3, -0.25) is 4.79 Å². The third kappa shape index (κ3) is 3.23. The predicted octanol–water partition coefficient (Wildman–Crippen LogP) is 3.29. The van der Waals surface area contributed by atoms with Gasteiger partial charge in [0.25, 0.3) is 0 Å². The number of allylic oxidation sites excluding steroid dienone is 1. The maximum Gasteiger partial charge on any atom is 0.166 e. The Hall–Kier alpha value is -1.57. The number of ketones is 1. The minimum atomic E-state index is 0.150. The number of anilines is 1. The molecule has 0 heterocycles. The van der Waals surface area contributed by atoms with Crippen LogP contribution in [0.4, 0.5) is 5.69 Å². The topological polar surface area (TPSA) is 20.3 Å². The summed E-state index contributed by atoms with van der Waals surface area (Å²) in [4.78, 5) is 13.8. The highest BCUT2D eigenvalue weighted by Crippen LogP contribution is 2.15. The van der Waals surface area contributed by atoms with Gasteiger partial charge in [-0.05, 0) is 30.7 Å². The largest absolute Gasteiger partial charge is 0.378 e. The molecule has 0 aromatic heterocycles. The van der Waals surface area contributed by atoms with E-state index in [0.717, 1.165) is 23.2 Å². The van der Waals surface area contributed by atoms with Crippen molar-refractivity contribution >= 4 is 11.5 Å². The van der Waals surface area contributed by atoms with Gasteiger partial charge < -0.3 is 4.90 Å². The Morgan fingerprint density at radius 3 is 2.25 bits per heavy atom. The Kier molecular flexibility index (Phi) is 4.29. The van der Waals surface area contributed by atoms with Gasteiger partial charge in [0.15, 0.2) is 5.78 Å². The zero-order chi connectivity index (χ0) is 12.1. The molecule has 0 aliphatic carbocycles. The third-order valence-electron chi connectivity index (χ3n) is 2.62. The monoisotopic (exact) mass is 217 g/mol. The molecule has 0 saturated heterocycles. The van der Waals surface area contributed by atoms with E-state index in [0.29, 0.717) is 6.42 Å². The van der Waals surface area contributed by atoms with Crippen LogP contribution in [0, 0.1) is 0 Å². The highest BCUT2D eigenvalue weighted by Gasteiger charge is 2.07. The summed E-state index contributed by atoms with van der Waals surface area (Å²) in [5.74, 6) is 0.150. The molecule has 0 saturated carbocycles. The minimum absolute atomic E-state index is 0.150. The van der Waals surface area contributed by atoms with Gasteiger partial charge in [-0.2, -0.15) is 0 Å². The lowest BCUT2D eigenvalue weighted by Crippen LogP contribution is -2.09. The molecule has 0 aliphatic rings. The summed E-state index contributed by atoms with van der Waals surface area (Å²) in [5.41, 5.74) is 2.85. The average molecular weight is 217 g/mol. The molecule has 0 aliphatic heterocycles. The molecule has 16 heavy (non-hydrogen) atoms. The van der Waals surface area contributed by atoms with Crippen molar-refractivity contribution in [1.82, 2.24) is 0 Å². The normalized spacial score (nSPS) is 9.94. The van der Waals surface area contributed by atoms with Crippen molar-refractivity contribution < 1.29 is 4.79 Å². The van der Waals surface area contributed by atoms with Crippen molar-refractivity contribution in [1.29, 1.82) is 0 Å². The van der Waals surface area contributed by atoms with Gasteiger partial charge in [0, 0.05) is 31.8 Å². The molecule has 0 fully saturated rings. The van der Waals surface area contributed by atoms with E-state index < -0.39 is 0 Å². The van der Waals surface area contributed by atoms with Gasteiger partial charge in [0.2, 0.25) is 0 Å². The zero-order valence-electron chi connectivity index (χ0n) is 10.3. The number of hydrogen-bond donors (Lipinski definition) is 0. The lowest BCUT2D eigenvalue weighted by molar-refractivity contribution is 0.0992. The molecular formula is C14H19NO. The molecule has 0 bridgehead atoms. The Bertz CT molecular complexity index is 376. The molecule has 0 N–H and O–H groups in total. The molecule has 2 nitrogen and oxygen atoms in total. The van der Waals surface area contributed by atoms with Crippen molar-refractivity contribution in [3.63, 3.8) is 0 Å². The van der Waals surface area contributed by atoms with Crippen LogP contribution < -0.4 is 4.90 Å². The molecule has 1 rings (SSSR count). The fourth-order valence-corrected chi connectivity index (χ4v) is 1.40. The average Bonchev–Trinajstić information content (AvgIpc) is 2.28. The third-order valence-corrected chi connectivity index (χ3v) is 2.62. The molecule has 0 radical (unpaired) electrons. The Morgan fingerprint density at radius 1 is 1.25 bits per heavy atom. The van der Waals surface area contributed by atoms with E-state index in [-0.39, 0.29) is 5.78 Å². The second-order valence-corrected chi connectivity index (χ2v) is 4.14. The van der Waals surface area contributed by atoms with Crippen molar-refractivity contribution in [2.45, 2.75) is 19.8 Å².